The second-order valence-corrected chi connectivity index (χ2v) is 32.0. The summed E-state index contributed by atoms with van der Waals surface area (Å²) < 4.78 is 64.9. The molecule has 8 aliphatic carbocycles. The molecule has 10 fully saturated rings. The second kappa shape index (κ2) is 27.0. The van der Waals surface area contributed by atoms with Crippen molar-refractivity contribution in [3.8, 4) is 0 Å². The van der Waals surface area contributed by atoms with Crippen LogP contribution < -0.4 is 0 Å². The van der Waals surface area contributed by atoms with E-state index in [1.165, 1.54) is 20.8 Å². The fourth-order valence-corrected chi connectivity index (χ4v) is 15.1. The van der Waals surface area contributed by atoms with Crippen LogP contribution in [0.1, 0.15) is 201 Å². The molecule has 24 heteroatoms. The number of hydrogen-bond acceptors (Lipinski definition) is 24. The summed E-state index contributed by atoms with van der Waals surface area (Å²) in [6.07, 6.45) is 6.72. The van der Waals surface area contributed by atoms with E-state index in [-0.39, 0.29) is 132 Å². The van der Waals surface area contributed by atoms with Crippen LogP contribution in [0, 0.1) is 86.8 Å². The zero-order chi connectivity index (χ0) is 70.1. The van der Waals surface area contributed by atoms with Crippen molar-refractivity contribution in [3.63, 3.8) is 0 Å². The van der Waals surface area contributed by atoms with Crippen molar-refractivity contribution in [2.45, 2.75) is 267 Å². The lowest BCUT2D eigenvalue weighted by molar-refractivity contribution is -0.192. The Morgan fingerprint density at radius 1 is 0.474 bits per heavy atom. The van der Waals surface area contributed by atoms with Gasteiger partial charge in [0.25, 0.3) is 0 Å². The topological polar surface area (TPSA) is 316 Å². The van der Waals surface area contributed by atoms with Gasteiger partial charge in [-0.2, -0.15) is 0 Å². The first-order valence-electron chi connectivity index (χ1n) is 34.4. The maximum absolute atomic E-state index is 12.6. The van der Waals surface area contributed by atoms with Gasteiger partial charge in [-0.15, -0.1) is 0 Å². The van der Waals surface area contributed by atoms with Crippen molar-refractivity contribution in [2.75, 3.05) is 6.61 Å². The summed E-state index contributed by atoms with van der Waals surface area (Å²) >= 11 is 0. The van der Waals surface area contributed by atoms with Gasteiger partial charge in [0.1, 0.15) is 48.3 Å². The molecule has 24 nitrogen and oxygen atoms in total. The van der Waals surface area contributed by atoms with Gasteiger partial charge in [0.05, 0.1) is 45.3 Å². The molecule has 0 amide bonds. The summed E-state index contributed by atoms with van der Waals surface area (Å²) in [6, 6.07) is 0. The highest BCUT2D eigenvalue weighted by Gasteiger charge is 2.66. The molecule has 0 spiro atoms. The molecule has 4 saturated heterocycles. The molecule has 6 saturated carbocycles. The first-order chi connectivity index (χ1) is 44.2. The summed E-state index contributed by atoms with van der Waals surface area (Å²) in [4.78, 5) is 144. The minimum absolute atomic E-state index is 0.0134. The van der Waals surface area contributed by atoms with E-state index in [1.54, 1.807) is 41.5 Å². The zero-order valence-corrected chi connectivity index (χ0v) is 58.3. The lowest BCUT2D eigenvalue weighted by Crippen LogP contribution is -2.46. The highest BCUT2D eigenvalue weighted by molar-refractivity contribution is 5.86. The van der Waals surface area contributed by atoms with Gasteiger partial charge in [0.2, 0.25) is 5.60 Å². The molecule has 4 aliphatic heterocycles. The molecule has 0 radical (unpaired) electrons. The molecular formula is C71H100O24. The molecule has 12 aliphatic rings. The van der Waals surface area contributed by atoms with Gasteiger partial charge in [-0.25, -0.2) is 14.4 Å². The van der Waals surface area contributed by atoms with E-state index in [0.717, 1.165) is 44.1 Å². The van der Waals surface area contributed by atoms with Crippen LogP contribution in [-0.4, -0.2) is 144 Å². The summed E-state index contributed by atoms with van der Waals surface area (Å²) in [5.41, 5.74) is -3.60. The minimum atomic E-state index is -1.37. The number of carbonyl (C=O) groups excluding carboxylic acids is 12. The first kappa shape index (κ1) is 72.6. The van der Waals surface area contributed by atoms with Gasteiger partial charge in [-0.1, -0.05) is 33.8 Å². The van der Waals surface area contributed by atoms with Gasteiger partial charge in [0, 0.05) is 47.8 Å². The molecule has 0 aromatic rings. The number of ether oxygens (including phenoxy) is 12. The van der Waals surface area contributed by atoms with E-state index in [9.17, 15) is 57.5 Å². The van der Waals surface area contributed by atoms with E-state index in [4.69, 9.17) is 56.8 Å². The summed E-state index contributed by atoms with van der Waals surface area (Å²) in [5, 5.41) is 0. The second-order valence-electron chi connectivity index (χ2n) is 32.0. The predicted octanol–water partition coefficient (Wildman–Crippen LogP) is 8.48. The molecule has 20 atom stereocenters. The molecule has 0 N–H and O–H groups in total. The van der Waals surface area contributed by atoms with Crippen molar-refractivity contribution in [3.05, 3.63) is 11.6 Å². The number of fused-ring (bicyclic) bond motifs is 4. The third-order valence-corrected chi connectivity index (χ3v) is 23.0. The maximum Gasteiger partial charge on any atom is 0.350 e. The zero-order valence-electron chi connectivity index (χ0n) is 58.3. The fraction of sp³-hybridized carbons (Fsp3) is 0.803. The Bertz CT molecular complexity index is 3090. The number of esters is 12. The molecule has 20 unspecified atom stereocenters. The van der Waals surface area contributed by atoms with Gasteiger partial charge in [-0.3, -0.25) is 43.2 Å². The molecular weight excluding hydrogens is 1240 g/mol. The van der Waals surface area contributed by atoms with Crippen LogP contribution >= 0.6 is 0 Å². The van der Waals surface area contributed by atoms with Gasteiger partial charge < -0.3 is 56.8 Å². The molecule has 8 bridgehead atoms. The smallest absolute Gasteiger partial charge is 0.350 e. The van der Waals surface area contributed by atoms with Gasteiger partial charge >= 0.3 is 71.6 Å². The van der Waals surface area contributed by atoms with Gasteiger partial charge in [-0.05, 0) is 173 Å². The van der Waals surface area contributed by atoms with Crippen LogP contribution in [0.3, 0.4) is 0 Å². The first-order valence-corrected chi connectivity index (χ1v) is 34.4. The Morgan fingerprint density at radius 2 is 0.895 bits per heavy atom. The van der Waals surface area contributed by atoms with Crippen molar-refractivity contribution in [2.24, 2.45) is 86.8 Å². The van der Waals surface area contributed by atoms with Crippen molar-refractivity contribution in [1.29, 1.82) is 0 Å². The highest BCUT2D eigenvalue weighted by atomic mass is 16.6. The Balaban J connectivity index is 0.000000149. The van der Waals surface area contributed by atoms with Crippen molar-refractivity contribution in [1.82, 2.24) is 0 Å². The minimum Gasteiger partial charge on any atom is -0.459 e. The molecule has 0 aromatic heterocycles. The quantitative estimate of drug-likeness (QED) is 0.0557. The molecule has 12 rings (SSSR count). The monoisotopic (exact) mass is 1340 g/mol. The van der Waals surface area contributed by atoms with Crippen LogP contribution in [0.5, 0.6) is 0 Å². The molecule has 528 valence electrons. The third-order valence-electron chi connectivity index (χ3n) is 23.0. The molecule has 95 heavy (non-hydrogen) atoms. The van der Waals surface area contributed by atoms with E-state index in [1.807, 2.05) is 61.5 Å². The number of rotatable bonds is 22. The molecule has 4 heterocycles. The summed E-state index contributed by atoms with van der Waals surface area (Å²) in [6.45, 7) is 29.8. The Morgan fingerprint density at radius 3 is 1.37 bits per heavy atom. The lowest BCUT2D eigenvalue weighted by Gasteiger charge is -2.32. The maximum atomic E-state index is 12.6. The average Bonchev–Trinajstić information content (AvgIpc) is 1.60. The Hall–Kier alpha value is -6.62. The van der Waals surface area contributed by atoms with Crippen LogP contribution in [0.25, 0.3) is 0 Å². The number of hydrogen-bond donors (Lipinski definition) is 0. The fourth-order valence-electron chi connectivity index (χ4n) is 15.1. The van der Waals surface area contributed by atoms with Gasteiger partial charge in [0.15, 0.2) is 18.8 Å². The lowest BCUT2D eigenvalue weighted by atomic mass is 9.87. The molecule has 0 aromatic carbocycles. The summed E-state index contributed by atoms with van der Waals surface area (Å²) in [5.74, 6) is -3.25. The standard InChI is InChI=1S/C20H30O6.C18H26O6.C17H24O6.C16H20O6/c1-6-19(2,3)18(23)26-20(4,5)8-7-14(21)24-15-11-9-12-13(10-11)17(22)25-16(12)15;1-6-17(2,3)15(20)24-18(4,5)16(21)23-12-9-7-10-11(8-9)14(19)22-13(10)12;1-5-17(3,4)16(20)21-8(2)14(18)22-12-9-6-10-11(7-9)15(19)23-13(10)12;1-4-16(2,3)15(19)20-7-11(17)21-12-8-5-9-10(6-8)14(18)22-13(9)12/h11-13,15-16H,6-10H2,1-5H3;9-13H,6-8H2,1-5H3;8-13H,5-7H2,1-4H3;5,8,10,12-13H,4,6-7H2,1-3H3. The van der Waals surface area contributed by atoms with Crippen molar-refractivity contribution >= 4 is 71.6 Å². The average molecular weight is 1340 g/mol. The summed E-state index contributed by atoms with van der Waals surface area (Å²) in [7, 11) is 0. The van der Waals surface area contributed by atoms with E-state index >= 15 is 0 Å². The van der Waals surface area contributed by atoms with Crippen LogP contribution in [0.2, 0.25) is 0 Å². The van der Waals surface area contributed by atoms with Crippen LogP contribution in [0.15, 0.2) is 11.6 Å². The van der Waals surface area contributed by atoms with Crippen LogP contribution in [-0.2, 0) is 114 Å². The van der Waals surface area contributed by atoms with Crippen LogP contribution in [0.4, 0.5) is 0 Å². The Kier molecular flexibility index (Phi) is 20.7. The highest BCUT2D eigenvalue weighted by Crippen LogP contribution is 2.58. The van der Waals surface area contributed by atoms with E-state index in [2.05, 4.69) is 0 Å². The number of carbonyl (C=O) groups is 12. The normalized spacial score (nSPS) is 33.6. The predicted molar refractivity (Wildman–Crippen MR) is 330 cm³/mol. The Labute approximate surface area is 556 Å². The SMILES string of the molecule is CCC(C)(C)C(=O)OC(C)(C)C(=O)OC1C2CC3C(=O)OC1C3C2.CCC(C)(C)C(=O)OC(C)(C)CCC(=O)OC1C2CC3C(=O)OC1C3C2.CCC(C)(C)C(=O)OC(C)C(=O)OC1C2CC3C(=O)OC1C3C2.CCC(C)(C)C(=O)OCC(=O)OC1C2C=C3C(C2)C(=O)OC31. The van der Waals surface area contributed by atoms with E-state index < -0.39 is 106 Å². The van der Waals surface area contributed by atoms with Crippen molar-refractivity contribution < 1.29 is 114 Å². The van der Waals surface area contributed by atoms with E-state index in [0.29, 0.717) is 38.5 Å². The largest absolute Gasteiger partial charge is 0.459 e. The third kappa shape index (κ3) is 14.7.